The molecule has 3 rings (SSSR count). The fourth-order valence-electron chi connectivity index (χ4n) is 4.13. The minimum atomic E-state index is -3.15. The predicted molar refractivity (Wildman–Crippen MR) is 74.4 cm³/mol. The summed E-state index contributed by atoms with van der Waals surface area (Å²) in [6, 6.07) is 0. The van der Waals surface area contributed by atoms with Crippen molar-refractivity contribution >= 4 is 10.0 Å². The Hall–Kier alpha value is -0.130. The zero-order valence-corrected chi connectivity index (χ0v) is 12.6. The summed E-state index contributed by atoms with van der Waals surface area (Å²) < 4.78 is 32.5. The van der Waals surface area contributed by atoms with Gasteiger partial charge in [0.25, 0.3) is 0 Å². The van der Waals surface area contributed by atoms with Gasteiger partial charge in [-0.2, -0.15) is 0 Å². The van der Waals surface area contributed by atoms with Gasteiger partial charge in [-0.3, -0.25) is 0 Å². The summed E-state index contributed by atoms with van der Waals surface area (Å²) in [6.07, 6.45) is 7.93. The Morgan fingerprint density at radius 2 is 1.74 bits per heavy atom. The van der Waals surface area contributed by atoms with E-state index in [1.807, 2.05) is 6.92 Å². The highest BCUT2D eigenvalue weighted by Crippen LogP contribution is 2.46. The third-order valence-electron chi connectivity index (χ3n) is 5.50. The highest BCUT2D eigenvalue weighted by molar-refractivity contribution is 7.89. The summed E-state index contributed by atoms with van der Waals surface area (Å²) in [4.78, 5) is 0. The number of hydrogen-bond donors (Lipinski definition) is 0. The lowest BCUT2D eigenvalue weighted by Crippen LogP contribution is -2.47. The topological polar surface area (TPSA) is 46.6 Å². The van der Waals surface area contributed by atoms with Crippen LogP contribution in [0.1, 0.15) is 51.9 Å². The Labute approximate surface area is 116 Å². The van der Waals surface area contributed by atoms with Crippen molar-refractivity contribution in [3.05, 3.63) is 0 Å². The van der Waals surface area contributed by atoms with Gasteiger partial charge in [-0.15, -0.1) is 0 Å². The van der Waals surface area contributed by atoms with Gasteiger partial charge in [-0.25, -0.2) is 12.7 Å². The molecule has 2 heterocycles. The van der Waals surface area contributed by atoms with E-state index in [2.05, 4.69) is 0 Å². The number of piperidine rings is 1. The van der Waals surface area contributed by atoms with Gasteiger partial charge in [0, 0.05) is 19.7 Å². The van der Waals surface area contributed by atoms with Crippen LogP contribution in [-0.2, 0) is 14.8 Å². The highest BCUT2D eigenvalue weighted by atomic mass is 32.2. The summed E-state index contributed by atoms with van der Waals surface area (Å²) in [6.45, 7) is 3.93. The molecule has 1 saturated carbocycles. The molecule has 3 aliphatic rings. The minimum Gasteiger partial charge on any atom is -0.377 e. The normalized spacial score (nSPS) is 36.1. The molecular formula is C14H25NO3S. The first-order chi connectivity index (χ1) is 9.04. The first kappa shape index (κ1) is 13.8. The Morgan fingerprint density at radius 1 is 1.11 bits per heavy atom. The van der Waals surface area contributed by atoms with Crippen LogP contribution in [-0.4, -0.2) is 43.8 Å². The lowest BCUT2D eigenvalue weighted by molar-refractivity contribution is 0.123. The van der Waals surface area contributed by atoms with Crippen molar-refractivity contribution in [1.82, 2.24) is 4.31 Å². The number of hydrogen-bond acceptors (Lipinski definition) is 3. The second-order valence-electron chi connectivity index (χ2n) is 6.55. The van der Waals surface area contributed by atoms with Crippen molar-refractivity contribution in [2.24, 2.45) is 5.41 Å². The van der Waals surface area contributed by atoms with Gasteiger partial charge in [0.05, 0.1) is 6.10 Å². The molecule has 2 saturated heterocycles. The molecule has 4 nitrogen and oxygen atoms in total. The number of ether oxygens (including phenoxy) is 1. The summed E-state index contributed by atoms with van der Waals surface area (Å²) in [7, 11) is -3.15. The molecule has 0 aromatic heterocycles. The van der Waals surface area contributed by atoms with E-state index >= 15 is 0 Å². The number of rotatable bonds is 2. The van der Waals surface area contributed by atoms with Crippen LogP contribution in [0.25, 0.3) is 0 Å². The molecule has 1 aliphatic carbocycles. The fourth-order valence-corrected chi connectivity index (χ4v) is 6.17. The fraction of sp³-hybridized carbons (Fsp3) is 1.00. The molecule has 1 spiro atoms. The van der Waals surface area contributed by atoms with Crippen LogP contribution in [0.5, 0.6) is 0 Å². The molecule has 0 unspecified atom stereocenters. The lowest BCUT2D eigenvalue weighted by atomic mass is 9.78. The van der Waals surface area contributed by atoms with Crippen LogP contribution in [0.4, 0.5) is 0 Å². The molecule has 2 aliphatic heterocycles. The Kier molecular flexibility index (Phi) is 3.65. The average molecular weight is 287 g/mol. The van der Waals surface area contributed by atoms with E-state index in [4.69, 9.17) is 4.74 Å². The third kappa shape index (κ3) is 2.45. The van der Waals surface area contributed by atoms with E-state index < -0.39 is 10.0 Å². The van der Waals surface area contributed by atoms with E-state index in [1.54, 1.807) is 4.31 Å². The molecule has 0 aromatic rings. The second kappa shape index (κ2) is 5.01. The highest BCUT2D eigenvalue weighted by Gasteiger charge is 2.44. The van der Waals surface area contributed by atoms with Gasteiger partial charge in [0.1, 0.15) is 5.25 Å². The quantitative estimate of drug-likeness (QED) is 0.782. The van der Waals surface area contributed by atoms with E-state index in [0.717, 1.165) is 25.9 Å². The molecule has 0 aromatic carbocycles. The molecule has 110 valence electrons. The summed E-state index contributed by atoms with van der Waals surface area (Å²) in [5, 5.41) is -0.315. The molecular weight excluding hydrogens is 262 g/mol. The molecule has 2 atom stereocenters. The minimum absolute atomic E-state index is 0.146. The smallest absolute Gasteiger partial charge is 0.219 e. The van der Waals surface area contributed by atoms with Crippen LogP contribution in [0.2, 0.25) is 0 Å². The summed E-state index contributed by atoms with van der Waals surface area (Å²) in [5.74, 6) is 0. The lowest BCUT2D eigenvalue weighted by Gasteiger charge is -2.39. The largest absolute Gasteiger partial charge is 0.377 e. The zero-order chi connectivity index (χ0) is 13.5. The predicted octanol–water partition coefficient (Wildman–Crippen LogP) is 2.15. The Bertz CT molecular complexity index is 418. The van der Waals surface area contributed by atoms with E-state index in [0.29, 0.717) is 18.4 Å². The van der Waals surface area contributed by atoms with Crippen molar-refractivity contribution in [3.63, 3.8) is 0 Å². The molecule has 0 amide bonds. The monoisotopic (exact) mass is 287 g/mol. The van der Waals surface area contributed by atoms with Crippen molar-refractivity contribution < 1.29 is 13.2 Å². The molecule has 0 N–H and O–H groups in total. The molecule has 19 heavy (non-hydrogen) atoms. The van der Waals surface area contributed by atoms with E-state index in [-0.39, 0.29) is 11.4 Å². The maximum Gasteiger partial charge on any atom is 0.219 e. The van der Waals surface area contributed by atoms with Crippen molar-refractivity contribution in [1.29, 1.82) is 0 Å². The van der Waals surface area contributed by atoms with Gasteiger partial charge in [-0.1, -0.05) is 12.8 Å². The van der Waals surface area contributed by atoms with E-state index in [1.165, 1.54) is 25.7 Å². The molecule has 0 radical (unpaired) electrons. The van der Waals surface area contributed by atoms with Crippen molar-refractivity contribution in [2.45, 2.75) is 63.2 Å². The van der Waals surface area contributed by atoms with Crippen molar-refractivity contribution in [2.75, 3.05) is 19.7 Å². The van der Waals surface area contributed by atoms with Crippen LogP contribution in [0.3, 0.4) is 0 Å². The Balaban J connectivity index is 1.67. The molecule has 5 heteroatoms. The van der Waals surface area contributed by atoms with E-state index in [9.17, 15) is 8.42 Å². The summed E-state index contributed by atoms with van der Waals surface area (Å²) in [5.41, 5.74) is 0.476. The number of sulfonamides is 1. The van der Waals surface area contributed by atoms with Crippen LogP contribution in [0, 0.1) is 5.41 Å². The van der Waals surface area contributed by atoms with Gasteiger partial charge < -0.3 is 4.74 Å². The molecule has 0 bridgehead atoms. The van der Waals surface area contributed by atoms with Gasteiger partial charge in [0.15, 0.2) is 0 Å². The molecule has 3 fully saturated rings. The van der Waals surface area contributed by atoms with Gasteiger partial charge in [-0.05, 0) is 44.4 Å². The van der Waals surface area contributed by atoms with Crippen LogP contribution in [0.15, 0.2) is 0 Å². The third-order valence-corrected chi connectivity index (χ3v) is 7.97. The summed E-state index contributed by atoms with van der Waals surface area (Å²) >= 11 is 0. The number of nitrogens with zero attached hydrogens (tertiary/aromatic N) is 1. The first-order valence-electron chi connectivity index (χ1n) is 7.64. The van der Waals surface area contributed by atoms with Crippen LogP contribution >= 0.6 is 0 Å². The average Bonchev–Trinajstić information content (AvgIpc) is 3.00. The van der Waals surface area contributed by atoms with Crippen LogP contribution < -0.4 is 0 Å². The van der Waals surface area contributed by atoms with Gasteiger partial charge in [0.2, 0.25) is 10.0 Å². The second-order valence-corrected chi connectivity index (χ2v) is 8.71. The zero-order valence-electron chi connectivity index (χ0n) is 11.8. The van der Waals surface area contributed by atoms with Gasteiger partial charge >= 0.3 is 0 Å². The first-order valence-corrected chi connectivity index (χ1v) is 9.14. The maximum atomic E-state index is 12.6. The van der Waals surface area contributed by atoms with Crippen molar-refractivity contribution in [3.8, 4) is 0 Å². The maximum absolute atomic E-state index is 12.6. The Morgan fingerprint density at radius 3 is 2.26 bits per heavy atom. The standard InChI is InChI=1S/C14H25NO3S/c1-12-13(4-11-18-12)19(16,17)15-9-7-14(8-10-15)5-2-3-6-14/h12-13H,2-11H2,1H3/t12-,13-/m1/s1. The SMILES string of the molecule is C[C@H]1OCC[C@H]1S(=O)(=O)N1CCC2(CCCC2)CC1.